The van der Waals surface area contributed by atoms with Gasteiger partial charge >= 0.3 is 0 Å². The molecule has 1 aromatic carbocycles. The maximum atomic E-state index is 9.08. The average Bonchev–Trinajstić information content (AvgIpc) is 2.26. The van der Waals surface area contributed by atoms with E-state index in [1.807, 2.05) is 31.2 Å². The molecule has 0 aromatic heterocycles. The second-order valence-corrected chi connectivity index (χ2v) is 4.43. The van der Waals surface area contributed by atoms with Crippen LogP contribution in [0, 0.1) is 5.92 Å². The van der Waals surface area contributed by atoms with Gasteiger partial charge in [-0.2, -0.15) is 0 Å². The highest BCUT2D eigenvalue weighted by Crippen LogP contribution is 2.24. The van der Waals surface area contributed by atoms with Gasteiger partial charge in [-0.1, -0.05) is 25.1 Å². The molecule has 14 heavy (non-hydrogen) atoms. The van der Waals surface area contributed by atoms with Crippen LogP contribution in [0.25, 0.3) is 0 Å². The molecule has 0 aliphatic carbocycles. The van der Waals surface area contributed by atoms with E-state index in [1.165, 1.54) is 0 Å². The lowest BCUT2D eigenvalue weighted by Crippen LogP contribution is -2.03. The quantitative estimate of drug-likeness (QED) is 0.732. The Morgan fingerprint density at radius 3 is 2.64 bits per heavy atom. The Hall–Kier alpha value is -0.510. The SMILES string of the molecule is CC(CO)CSc1ccccc1CO. The van der Waals surface area contributed by atoms with Gasteiger partial charge in [-0.25, -0.2) is 0 Å². The molecule has 0 spiro atoms. The van der Waals surface area contributed by atoms with Crippen LogP contribution in [0.3, 0.4) is 0 Å². The summed E-state index contributed by atoms with van der Waals surface area (Å²) in [4.78, 5) is 1.11. The van der Waals surface area contributed by atoms with Crippen molar-refractivity contribution in [2.24, 2.45) is 5.92 Å². The third kappa shape index (κ3) is 3.33. The molecule has 0 fully saturated rings. The van der Waals surface area contributed by atoms with Crippen molar-refractivity contribution < 1.29 is 10.2 Å². The van der Waals surface area contributed by atoms with E-state index in [1.54, 1.807) is 11.8 Å². The fraction of sp³-hybridized carbons (Fsp3) is 0.455. The van der Waals surface area contributed by atoms with Crippen LogP contribution in [-0.4, -0.2) is 22.6 Å². The molecule has 0 saturated carbocycles. The maximum absolute atomic E-state index is 9.08. The molecule has 0 aliphatic heterocycles. The number of rotatable bonds is 5. The van der Waals surface area contributed by atoms with Gasteiger partial charge in [0.2, 0.25) is 0 Å². The van der Waals surface area contributed by atoms with Gasteiger partial charge in [-0.3, -0.25) is 0 Å². The predicted molar refractivity (Wildman–Crippen MR) is 59.3 cm³/mol. The van der Waals surface area contributed by atoms with Crippen LogP contribution < -0.4 is 0 Å². The molecule has 0 radical (unpaired) electrons. The van der Waals surface area contributed by atoms with Gasteiger partial charge in [0, 0.05) is 17.3 Å². The zero-order chi connectivity index (χ0) is 10.4. The molecule has 78 valence electrons. The molecule has 0 bridgehead atoms. The molecule has 1 atom stereocenters. The topological polar surface area (TPSA) is 40.5 Å². The van der Waals surface area contributed by atoms with E-state index in [0.717, 1.165) is 16.2 Å². The normalized spacial score (nSPS) is 12.8. The first-order valence-electron chi connectivity index (χ1n) is 4.70. The van der Waals surface area contributed by atoms with E-state index >= 15 is 0 Å². The first-order valence-corrected chi connectivity index (χ1v) is 5.69. The Kier molecular flexibility index (Phi) is 5.01. The van der Waals surface area contributed by atoms with Crippen molar-refractivity contribution in [3.63, 3.8) is 0 Å². The molecular formula is C11H16O2S. The molecule has 0 aliphatic rings. The number of aliphatic hydroxyl groups is 2. The molecule has 0 amide bonds. The number of benzene rings is 1. The second kappa shape index (κ2) is 6.06. The lowest BCUT2D eigenvalue weighted by molar-refractivity contribution is 0.250. The van der Waals surface area contributed by atoms with E-state index in [-0.39, 0.29) is 13.2 Å². The van der Waals surface area contributed by atoms with Gasteiger partial charge in [0.05, 0.1) is 6.61 Å². The highest BCUT2D eigenvalue weighted by Gasteiger charge is 2.04. The summed E-state index contributed by atoms with van der Waals surface area (Å²) < 4.78 is 0. The highest BCUT2D eigenvalue weighted by molar-refractivity contribution is 7.99. The van der Waals surface area contributed by atoms with Crippen LogP contribution in [0.15, 0.2) is 29.2 Å². The van der Waals surface area contributed by atoms with Crippen molar-refractivity contribution in [1.82, 2.24) is 0 Å². The Balaban J connectivity index is 2.57. The van der Waals surface area contributed by atoms with E-state index in [9.17, 15) is 0 Å². The number of hydrogen-bond donors (Lipinski definition) is 2. The fourth-order valence-corrected chi connectivity index (χ4v) is 2.12. The second-order valence-electron chi connectivity index (χ2n) is 3.36. The van der Waals surface area contributed by atoms with Crippen molar-refractivity contribution in [3.05, 3.63) is 29.8 Å². The lowest BCUT2D eigenvalue weighted by Gasteiger charge is -2.09. The monoisotopic (exact) mass is 212 g/mol. The van der Waals surface area contributed by atoms with Crippen LogP contribution in [-0.2, 0) is 6.61 Å². The van der Waals surface area contributed by atoms with Gasteiger partial charge in [0.15, 0.2) is 0 Å². The van der Waals surface area contributed by atoms with Crippen LogP contribution in [0.5, 0.6) is 0 Å². The molecule has 3 heteroatoms. The maximum Gasteiger partial charge on any atom is 0.0692 e. The standard InChI is InChI=1S/C11H16O2S/c1-9(6-12)8-14-11-5-3-2-4-10(11)7-13/h2-5,9,12-13H,6-8H2,1H3. The Morgan fingerprint density at radius 2 is 2.00 bits per heavy atom. The van der Waals surface area contributed by atoms with Crippen LogP contribution in [0.4, 0.5) is 0 Å². The van der Waals surface area contributed by atoms with Gasteiger partial charge < -0.3 is 10.2 Å². The zero-order valence-electron chi connectivity index (χ0n) is 8.31. The van der Waals surface area contributed by atoms with Crippen molar-refractivity contribution in [2.45, 2.75) is 18.4 Å². The van der Waals surface area contributed by atoms with Crippen molar-refractivity contribution in [3.8, 4) is 0 Å². The summed E-state index contributed by atoms with van der Waals surface area (Å²) in [6.07, 6.45) is 0. The first-order chi connectivity index (χ1) is 6.77. The Morgan fingerprint density at radius 1 is 1.29 bits per heavy atom. The van der Waals surface area contributed by atoms with E-state index in [2.05, 4.69) is 0 Å². The summed E-state index contributed by atoms with van der Waals surface area (Å²) in [7, 11) is 0. The lowest BCUT2D eigenvalue weighted by atomic mass is 10.2. The molecule has 1 rings (SSSR count). The number of aliphatic hydroxyl groups excluding tert-OH is 2. The molecule has 0 heterocycles. The third-order valence-corrected chi connectivity index (χ3v) is 3.42. The van der Waals surface area contributed by atoms with Crippen molar-refractivity contribution >= 4 is 11.8 Å². The Bertz CT molecular complexity index is 276. The molecule has 1 aromatic rings. The fourth-order valence-electron chi connectivity index (χ4n) is 1.06. The minimum Gasteiger partial charge on any atom is -0.396 e. The van der Waals surface area contributed by atoms with Gasteiger partial charge in [0.1, 0.15) is 0 Å². The first kappa shape index (κ1) is 11.6. The van der Waals surface area contributed by atoms with Gasteiger partial charge in [-0.15, -0.1) is 11.8 Å². The van der Waals surface area contributed by atoms with Crippen LogP contribution in [0.1, 0.15) is 12.5 Å². The minimum absolute atomic E-state index is 0.0800. The molecule has 1 unspecified atom stereocenters. The molecule has 2 nitrogen and oxygen atoms in total. The average molecular weight is 212 g/mol. The van der Waals surface area contributed by atoms with Gasteiger partial charge in [-0.05, 0) is 17.5 Å². The van der Waals surface area contributed by atoms with Crippen molar-refractivity contribution in [2.75, 3.05) is 12.4 Å². The molecule has 0 saturated heterocycles. The van der Waals surface area contributed by atoms with Gasteiger partial charge in [0.25, 0.3) is 0 Å². The zero-order valence-corrected chi connectivity index (χ0v) is 9.13. The van der Waals surface area contributed by atoms with Crippen molar-refractivity contribution in [1.29, 1.82) is 0 Å². The summed E-state index contributed by atoms with van der Waals surface area (Å²) >= 11 is 1.68. The largest absolute Gasteiger partial charge is 0.396 e. The minimum atomic E-state index is 0.0800. The number of thioether (sulfide) groups is 1. The smallest absolute Gasteiger partial charge is 0.0692 e. The molecular weight excluding hydrogens is 196 g/mol. The summed E-state index contributed by atoms with van der Waals surface area (Å²) in [6, 6.07) is 7.81. The van der Waals surface area contributed by atoms with E-state index in [4.69, 9.17) is 10.2 Å². The van der Waals surface area contributed by atoms with Crippen LogP contribution in [0.2, 0.25) is 0 Å². The van der Waals surface area contributed by atoms with E-state index in [0.29, 0.717) is 5.92 Å². The van der Waals surface area contributed by atoms with Crippen LogP contribution >= 0.6 is 11.8 Å². The third-order valence-electron chi connectivity index (χ3n) is 1.98. The Labute approximate surface area is 89.0 Å². The summed E-state index contributed by atoms with van der Waals surface area (Å²) in [5.41, 5.74) is 0.961. The molecule has 2 N–H and O–H groups in total. The number of hydrogen-bond acceptors (Lipinski definition) is 3. The summed E-state index contributed by atoms with van der Waals surface area (Å²) in [6.45, 7) is 2.31. The van der Waals surface area contributed by atoms with E-state index < -0.39 is 0 Å². The summed E-state index contributed by atoms with van der Waals surface area (Å²) in [5, 5.41) is 18.0. The summed E-state index contributed by atoms with van der Waals surface area (Å²) in [5.74, 6) is 1.18. The highest BCUT2D eigenvalue weighted by atomic mass is 32.2. The predicted octanol–water partition coefficient (Wildman–Crippen LogP) is 1.90.